The van der Waals surface area contributed by atoms with Gasteiger partial charge in [-0.2, -0.15) is 5.10 Å². The molecule has 1 amide bonds. The average molecular weight is 401 g/mol. The second-order valence-electron chi connectivity index (χ2n) is 7.00. The number of amides is 1. The number of hydrogen-bond donors (Lipinski definition) is 2. The van der Waals surface area contributed by atoms with E-state index < -0.39 is 17.9 Å². The lowest BCUT2D eigenvalue weighted by molar-refractivity contribution is -0.0542. The van der Waals surface area contributed by atoms with E-state index in [1.54, 1.807) is 31.5 Å². The SMILES string of the molecule is Cc1nn2ccc(OCc3ccccn3)cc2c1C(=O)NC1CNCCC1(F)F. The number of aromatic nitrogens is 3. The molecule has 1 saturated heterocycles. The fourth-order valence-corrected chi connectivity index (χ4v) is 3.37. The van der Waals surface area contributed by atoms with Crippen molar-refractivity contribution in [1.29, 1.82) is 0 Å². The smallest absolute Gasteiger partial charge is 0.270 e. The molecule has 1 aliphatic heterocycles. The molecule has 0 spiro atoms. The van der Waals surface area contributed by atoms with Gasteiger partial charge in [-0.15, -0.1) is 0 Å². The van der Waals surface area contributed by atoms with Gasteiger partial charge in [-0.25, -0.2) is 13.3 Å². The molecule has 1 aliphatic rings. The van der Waals surface area contributed by atoms with E-state index in [0.29, 0.717) is 17.0 Å². The lowest BCUT2D eigenvalue weighted by Crippen LogP contribution is -2.57. The van der Waals surface area contributed by atoms with Gasteiger partial charge >= 0.3 is 0 Å². The Balaban J connectivity index is 1.56. The van der Waals surface area contributed by atoms with Crippen LogP contribution in [0.15, 0.2) is 42.7 Å². The van der Waals surface area contributed by atoms with Gasteiger partial charge in [-0.3, -0.25) is 9.78 Å². The molecule has 0 bridgehead atoms. The Labute approximate surface area is 166 Å². The quantitative estimate of drug-likeness (QED) is 0.686. The van der Waals surface area contributed by atoms with Gasteiger partial charge in [0.05, 0.1) is 22.5 Å². The highest BCUT2D eigenvalue weighted by Crippen LogP contribution is 2.26. The first-order chi connectivity index (χ1) is 13.9. The number of halogens is 2. The topological polar surface area (TPSA) is 80.5 Å². The first-order valence-corrected chi connectivity index (χ1v) is 9.35. The zero-order chi connectivity index (χ0) is 20.4. The highest BCUT2D eigenvalue weighted by molar-refractivity contribution is 6.02. The molecule has 3 aromatic rings. The summed E-state index contributed by atoms with van der Waals surface area (Å²) in [5.74, 6) is -3.00. The van der Waals surface area contributed by atoms with Crippen molar-refractivity contribution in [1.82, 2.24) is 25.2 Å². The fourth-order valence-electron chi connectivity index (χ4n) is 3.37. The number of carbonyl (C=O) groups is 1. The number of carbonyl (C=O) groups excluding carboxylic acids is 1. The summed E-state index contributed by atoms with van der Waals surface area (Å²) < 4.78 is 35.5. The van der Waals surface area contributed by atoms with E-state index >= 15 is 0 Å². The standard InChI is InChI=1S/C20H21F2N5O2/c1-13-18(19(28)25-17-11-23-8-6-20(17,21)22)16-10-15(5-9-27(16)26-13)29-12-14-4-2-3-7-24-14/h2-5,7,9-10,17,23H,6,8,11-12H2,1H3,(H,25,28). The number of rotatable bonds is 5. The lowest BCUT2D eigenvalue weighted by atomic mass is 10.0. The van der Waals surface area contributed by atoms with Gasteiger partial charge in [-0.1, -0.05) is 6.07 Å². The molecule has 0 aromatic carbocycles. The molecular formula is C20H21F2N5O2. The molecule has 152 valence electrons. The summed E-state index contributed by atoms with van der Waals surface area (Å²) in [6, 6.07) is 7.67. The molecule has 4 rings (SSSR count). The number of piperidine rings is 1. The molecule has 1 unspecified atom stereocenters. The van der Waals surface area contributed by atoms with Crippen molar-refractivity contribution in [3.05, 3.63) is 59.7 Å². The van der Waals surface area contributed by atoms with Crippen LogP contribution in [0.2, 0.25) is 0 Å². The number of nitrogens with one attached hydrogen (secondary N) is 2. The highest BCUT2D eigenvalue weighted by Gasteiger charge is 2.42. The maximum Gasteiger partial charge on any atom is 0.270 e. The first-order valence-electron chi connectivity index (χ1n) is 9.35. The number of hydrogen-bond acceptors (Lipinski definition) is 5. The predicted octanol–water partition coefficient (Wildman–Crippen LogP) is 2.34. The minimum absolute atomic E-state index is 0.0233. The molecule has 0 saturated carbocycles. The molecule has 0 aliphatic carbocycles. The lowest BCUT2D eigenvalue weighted by Gasteiger charge is -2.32. The summed E-state index contributed by atoms with van der Waals surface area (Å²) in [6.07, 6.45) is 3.04. The van der Waals surface area contributed by atoms with Crippen molar-refractivity contribution >= 4 is 11.4 Å². The van der Waals surface area contributed by atoms with Crippen LogP contribution in [0.3, 0.4) is 0 Å². The van der Waals surface area contributed by atoms with Crippen LogP contribution in [0, 0.1) is 6.92 Å². The molecule has 3 aromatic heterocycles. The molecule has 2 N–H and O–H groups in total. The number of pyridine rings is 2. The Bertz CT molecular complexity index is 1020. The molecule has 4 heterocycles. The van der Waals surface area contributed by atoms with E-state index in [0.717, 1.165) is 5.69 Å². The summed E-state index contributed by atoms with van der Waals surface area (Å²) in [5, 5.41) is 9.67. The van der Waals surface area contributed by atoms with Crippen LogP contribution < -0.4 is 15.4 Å². The maximum atomic E-state index is 14.1. The van der Waals surface area contributed by atoms with E-state index in [-0.39, 0.29) is 31.7 Å². The fraction of sp³-hybridized carbons (Fsp3) is 0.350. The van der Waals surface area contributed by atoms with Gasteiger partial charge in [0.2, 0.25) is 0 Å². The molecule has 0 radical (unpaired) electrons. The van der Waals surface area contributed by atoms with Crippen LogP contribution in [-0.4, -0.2) is 45.6 Å². The van der Waals surface area contributed by atoms with Gasteiger partial charge in [0.25, 0.3) is 11.8 Å². The number of aryl methyl sites for hydroxylation is 1. The van der Waals surface area contributed by atoms with Crippen molar-refractivity contribution in [2.24, 2.45) is 0 Å². The van der Waals surface area contributed by atoms with E-state index in [1.165, 1.54) is 4.52 Å². The van der Waals surface area contributed by atoms with Crippen LogP contribution in [-0.2, 0) is 6.61 Å². The number of fused-ring (bicyclic) bond motifs is 1. The summed E-state index contributed by atoms with van der Waals surface area (Å²) in [5.41, 5.74) is 1.97. The van der Waals surface area contributed by atoms with Gasteiger partial charge in [0.1, 0.15) is 18.4 Å². The zero-order valence-corrected chi connectivity index (χ0v) is 15.9. The minimum Gasteiger partial charge on any atom is -0.487 e. The molecule has 1 atom stereocenters. The third-order valence-corrected chi connectivity index (χ3v) is 4.92. The van der Waals surface area contributed by atoms with Crippen LogP contribution in [0.25, 0.3) is 5.52 Å². The highest BCUT2D eigenvalue weighted by atomic mass is 19.3. The summed E-state index contributed by atoms with van der Waals surface area (Å²) in [7, 11) is 0. The minimum atomic E-state index is -2.95. The van der Waals surface area contributed by atoms with Crippen molar-refractivity contribution in [3.8, 4) is 5.75 Å². The van der Waals surface area contributed by atoms with Crippen molar-refractivity contribution in [2.75, 3.05) is 13.1 Å². The monoisotopic (exact) mass is 401 g/mol. The Morgan fingerprint density at radius 3 is 3.03 bits per heavy atom. The van der Waals surface area contributed by atoms with Crippen LogP contribution in [0.5, 0.6) is 5.75 Å². The molecule has 29 heavy (non-hydrogen) atoms. The van der Waals surface area contributed by atoms with Crippen LogP contribution in [0.1, 0.15) is 28.2 Å². The van der Waals surface area contributed by atoms with Gasteiger partial charge in [-0.05, 0) is 25.1 Å². The maximum absolute atomic E-state index is 14.1. The Kier molecular flexibility index (Phi) is 5.14. The van der Waals surface area contributed by atoms with Crippen molar-refractivity contribution in [3.63, 3.8) is 0 Å². The Hall–Kier alpha value is -3.07. The predicted molar refractivity (Wildman–Crippen MR) is 102 cm³/mol. The summed E-state index contributed by atoms with van der Waals surface area (Å²) in [4.78, 5) is 17.0. The van der Waals surface area contributed by atoms with E-state index in [2.05, 4.69) is 20.7 Å². The van der Waals surface area contributed by atoms with E-state index in [1.807, 2.05) is 18.2 Å². The molecule has 9 heteroatoms. The largest absolute Gasteiger partial charge is 0.487 e. The van der Waals surface area contributed by atoms with Gasteiger partial charge in [0.15, 0.2) is 0 Å². The number of alkyl halides is 2. The third-order valence-electron chi connectivity index (χ3n) is 4.92. The second-order valence-corrected chi connectivity index (χ2v) is 7.00. The Morgan fingerprint density at radius 1 is 1.41 bits per heavy atom. The Morgan fingerprint density at radius 2 is 2.28 bits per heavy atom. The number of ether oxygens (including phenoxy) is 1. The molecule has 7 nitrogen and oxygen atoms in total. The van der Waals surface area contributed by atoms with Gasteiger partial charge < -0.3 is 15.4 Å². The van der Waals surface area contributed by atoms with Crippen molar-refractivity contribution in [2.45, 2.75) is 31.9 Å². The van der Waals surface area contributed by atoms with Crippen LogP contribution >= 0.6 is 0 Å². The zero-order valence-electron chi connectivity index (χ0n) is 15.9. The van der Waals surface area contributed by atoms with E-state index in [4.69, 9.17) is 4.74 Å². The molecule has 1 fully saturated rings. The third kappa shape index (κ3) is 4.04. The average Bonchev–Trinajstić information content (AvgIpc) is 3.03. The first kappa shape index (κ1) is 19.3. The van der Waals surface area contributed by atoms with Crippen LogP contribution in [0.4, 0.5) is 8.78 Å². The summed E-state index contributed by atoms with van der Waals surface area (Å²) >= 11 is 0. The molecular weight excluding hydrogens is 380 g/mol. The second kappa shape index (κ2) is 7.75. The van der Waals surface area contributed by atoms with Crippen molar-refractivity contribution < 1.29 is 18.3 Å². The van der Waals surface area contributed by atoms with Gasteiger partial charge in [0, 0.05) is 38.0 Å². The normalized spacial score (nSPS) is 18.5. The van der Waals surface area contributed by atoms with E-state index in [9.17, 15) is 13.6 Å². The number of nitrogens with zero attached hydrogens (tertiary/aromatic N) is 3. The summed E-state index contributed by atoms with van der Waals surface area (Å²) in [6.45, 7) is 2.20.